The van der Waals surface area contributed by atoms with Gasteiger partial charge in [0.05, 0.1) is 11.5 Å². The normalized spacial score (nSPS) is 21.8. The molecule has 2 N–H and O–H groups in total. The lowest BCUT2D eigenvalue weighted by Gasteiger charge is -2.26. The van der Waals surface area contributed by atoms with Gasteiger partial charge in [-0.15, -0.1) is 0 Å². The molecule has 114 valence electrons. The predicted molar refractivity (Wildman–Crippen MR) is 79.7 cm³/mol. The van der Waals surface area contributed by atoms with Crippen molar-refractivity contribution in [2.24, 2.45) is 11.8 Å². The fourth-order valence-corrected chi connectivity index (χ4v) is 2.96. The maximum Gasteiger partial charge on any atom is 0.306 e. The van der Waals surface area contributed by atoms with E-state index in [1.165, 1.54) is 12.1 Å². The van der Waals surface area contributed by atoms with Gasteiger partial charge in [-0.05, 0) is 43.7 Å². The topological polar surface area (TPSA) is 79.3 Å². The minimum atomic E-state index is -0.725. The van der Waals surface area contributed by atoms with E-state index in [9.17, 15) is 9.59 Å². The third-order valence-corrected chi connectivity index (χ3v) is 4.31. The molecule has 0 saturated heterocycles. The molecule has 1 fully saturated rings. The van der Waals surface area contributed by atoms with Crippen molar-refractivity contribution in [3.05, 3.63) is 28.0 Å². The van der Waals surface area contributed by atoms with Crippen LogP contribution < -0.4 is 5.32 Å². The number of hydrogen-bond acceptors (Lipinski definition) is 3. The minimum Gasteiger partial charge on any atom is -0.481 e. The van der Waals surface area contributed by atoms with Crippen molar-refractivity contribution in [1.82, 2.24) is 10.3 Å². The summed E-state index contributed by atoms with van der Waals surface area (Å²) in [5.41, 5.74) is 0.292. The predicted octanol–water partition coefficient (Wildman–Crippen LogP) is 3.01. The van der Waals surface area contributed by atoms with Crippen LogP contribution in [0.15, 0.2) is 12.1 Å². The maximum atomic E-state index is 12.0. The second-order valence-electron chi connectivity index (χ2n) is 5.24. The van der Waals surface area contributed by atoms with Crippen molar-refractivity contribution in [2.75, 3.05) is 6.54 Å². The number of aliphatic carboxylic acids is 1. The Morgan fingerprint density at radius 1 is 1.24 bits per heavy atom. The Labute approximate surface area is 132 Å². The molecule has 1 aliphatic carbocycles. The number of carboxylic acid groups (broad SMARTS) is 1. The van der Waals surface area contributed by atoms with Crippen molar-refractivity contribution < 1.29 is 14.7 Å². The molecule has 0 aromatic carbocycles. The highest BCUT2D eigenvalue weighted by molar-refractivity contribution is 6.34. The lowest BCUT2D eigenvalue weighted by atomic mass is 9.82. The fraction of sp³-hybridized carbons (Fsp3) is 0.500. The van der Waals surface area contributed by atoms with E-state index < -0.39 is 5.97 Å². The van der Waals surface area contributed by atoms with E-state index in [0.29, 0.717) is 30.9 Å². The zero-order valence-corrected chi connectivity index (χ0v) is 12.8. The lowest BCUT2D eigenvalue weighted by Crippen LogP contribution is -2.32. The van der Waals surface area contributed by atoms with Crippen molar-refractivity contribution >= 4 is 35.1 Å². The zero-order valence-electron chi connectivity index (χ0n) is 11.3. The lowest BCUT2D eigenvalue weighted by molar-refractivity contribution is -0.143. The summed E-state index contributed by atoms with van der Waals surface area (Å²) in [5.74, 6) is -0.948. The number of carbonyl (C=O) groups excluding carboxylic acids is 1. The minimum absolute atomic E-state index is 0.0783. The molecule has 0 spiro atoms. The van der Waals surface area contributed by atoms with Gasteiger partial charge >= 0.3 is 5.97 Å². The number of pyridine rings is 1. The summed E-state index contributed by atoms with van der Waals surface area (Å²) in [7, 11) is 0. The quantitative estimate of drug-likeness (QED) is 0.831. The molecule has 1 aromatic heterocycles. The van der Waals surface area contributed by atoms with Gasteiger partial charge in [0.25, 0.3) is 5.91 Å². The first-order chi connectivity index (χ1) is 9.97. The number of carboxylic acids is 1. The molecular weight excluding hydrogens is 315 g/mol. The van der Waals surface area contributed by atoms with Gasteiger partial charge in [-0.2, -0.15) is 0 Å². The Morgan fingerprint density at radius 2 is 1.90 bits per heavy atom. The van der Waals surface area contributed by atoms with Crippen LogP contribution in [0.25, 0.3) is 0 Å². The maximum absolute atomic E-state index is 12.0. The molecule has 2 rings (SSSR count). The Bertz CT molecular complexity index is 543. The third-order valence-electron chi connectivity index (χ3n) is 3.81. The van der Waals surface area contributed by atoms with Crippen molar-refractivity contribution in [2.45, 2.75) is 25.7 Å². The van der Waals surface area contributed by atoms with Gasteiger partial charge in [0.15, 0.2) is 0 Å². The highest BCUT2D eigenvalue weighted by atomic mass is 35.5. The second-order valence-corrected chi connectivity index (χ2v) is 5.98. The van der Waals surface area contributed by atoms with Crippen LogP contribution in [0.4, 0.5) is 0 Å². The standard InChI is InChI=1S/C14H16Cl2N2O3/c15-11-6-5-10(12(16)18-11)13(19)17-7-8-1-3-9(4-2-8)14(20)21/h5-6,8-9H,1-4,7H2,(H,17,19)(H,20,21). The molecule has 5 nitrogen and oxygen atoms in total. The molecule has 1 aromatic rings. The summed E-state index contributed by atoms with van der Waals surface area (Å²) in [6.45, 7) is 0.518. The number of aromatic nitrogens is 1. The first kappa shape index (κ1) is 16.0. The number of nitrogens with one attached hydrogen (secondary N) is 1. The van der Waals surface area contributed by atoms with E-state index in [2.05, 4.69) is 10.3 Å². The van der Waals surface area contributed by atoms with Crippen LogP contribution >= 0.6 is 23.2 Å². The number of rotatable bonds is 4. The molecule has 0 unspecified atom stereocenters. The average Bonchev–Trinajstić information content (AvgIpc) is 2.45. The van der Waals surface area contributed by atoms with Crippen molar-refractivity contribution in [3.63, 3.8) is 0 Å². The molecule has 1 aliphatic rings. The fourth-order valence-electron chi connectivity index (χ4n) is 2.53. The van der Waals surface area contributed by atoms with E-state index >= 15 is 0 Å². The van der Waals surface area contributed by atoms with E-state index in [-0.39, 0.29) is 22.1 Å². The summed E-state index contributed by atoms with van der Waals surface area (Å²) in [6, 6.07) is 3.05. The molecule has 21 heavy (non-hydrogen) atoms. The van der Waals surface area contributed by atoms with E-state index in [4.69, 9.17) is 28.3 Å². The number of amides is 1. The summed E-state index contributed by atoms with van der Waals surface area (Å²) < 4.78 is 0. The van der Waals surface area contributed by atoms with Crippen LogP contribution in [0.1, 0.15) is 36.0 Å². The monoisotopic (exact) mass is 330 g/mol. The smallest absolute Gasteiger partial charge is 0.306 e. The van der Waals surface area contributed by atoms with Gasteiger partial charge < -0.3 is 10.4 Å². The second kappa shape index (κ2) is 7.09. The highest BCUT2D eigenvalue weighted by Crippen LogP contribution is 2.28. The van der Waals surface area contributed by atoms with Crippen LogP contribution in [-0.4, -0.2) is 28.5 Å². The van der Waals surface area contributed by atoms with Crippen LogP contribution in [0.5, 0.6) is 0 Å². The summed E-state index contributed by atoms with van der Waals surface area (Å²) in [4.78, 5) is 26.7. The van der Waals surface area contributed by atoms with Crippen LogP contribution in [-0.2, 0) is 4.79 Å². The molecule has 0 radical (unpaired) electrons. The van der Waals surface area contributed by atoms with Crippen molar-refractivity contribution in [3.8, 4) is 0 Å². The van der Waals surface area contributed by atoms with Gasteiger partial charge in [0.1, 0.15) is 10.3 Å². The summed E-state index contributed by atoms with van der Waals surface area (Å²) in [6.07, 6.45) is 2.95. The van der Waals surface area contributed by atoms with Crippen LogP contribution in [0, 0.1) is 11.8 Å². The third kappa shape index (κ3) is 4.32. The molecule has 0 bridgehead atoms. The highest BCUT2D eigenvalue weighted by Gasteiger charge is 2.26. The van der Waals surface area contributed by atoms with E-state index in [0.717, 1.165) is 12.8 Å². The molecule has 0 atom stereocenters. The van der Waals surface area contributed by atoms with Crippen molar-refractivity contribution in [1.29, 1.82) is 0 Å². The Kier molecular flexibility index (Phi) is 5.42. The van der Waals surface area contributed by atoms with E-state index in [1.54, 1.807) is 0 Å². The average molecular weight is 331 g/mol. The zero-order chi connectivity index (χ0) is 15.4. The number of nitrogens with zero attached hydrogens (tertiary/aromatic N) is 1. The molecule has 1 amide bonds. The largest absolute Gasteiger partial charge is 0.481 e. The molecule has 0 aliphatic heterocycles. The summed E-state index contributed by atoms with van der Waals surface area (Å²) >= 11 is 11.6. The van der Waals surface area contributed by atoms with Gasteiger partial charge in [0, 0.05) is 6.54 Å². The van der Waals surface area contributed by atoms with Gasteiger partial charge in [-0.3, -0.25) is 9.59 Å². The van der Waals surface area contributed by atoms with Crippen LogP contribution in [0.3, 0.4) is 0 Å². The Balaban J connectivity index is 1.83. The number of hydrogen-bond donors (Lipinski definition) is 2. The molecule has 1 saturated carbocycles. The Morgan fingerprint density at radius 3 is 2.48 bits per heavy atom. The molecular formula is C14H16Cl2N2O3. The SMILES string of the molecule is O=C(NCC1CCC(C(=O)O)CC1)c1ccc(Cl)nc1Cl. The first-order valence-electron chi connectivity index (χ1n) is 6.80. The molecule has 1 heterocycles. The van der Waals surface area contributed by atoms with Gasteiger partial charge in [0.2, 0.25) is 0 Å². The Hall–Kier alpha value is -1.33. The number of carbonyl (C=O) groups is 2. The van der Waals surface area contributed by atoms with Gasteiger partial charge in [-0.1, -0.05) is 23.2 Å². The van der Waals surface area contributed by atoms with Crippen LogP contribution in [0.2, 0.25) is 10.3 Å². The summed E-state index contributed by atoms with van der Waals surface area (Å²) in [5, 5.41) is 12.1. The molecule has 7 heteroatoms. The first-order valence-corrected chi connectivity index (χ1v) is 7.56. The van der Waals surface area contributed by atoms with E-state index in [1.807, 2.05) is 0 Å². The number of halogens is 2. The van der Waals surface area contributed by atoms with Gasteiger partial charge in [-0.25, -0.2) is 4.98 Å².